The summed E-state index contributed by atoms with van der Waals surface area (Å²) in [6.07, 6.45) is 4.14. The fraction of sp³-hybridized carbons (Fsp3) is 0.188. The largest absolute Gasteiger partial charge is 0.486 e. The predicted molar refractivity (Wildman–Crippen MR) is 89.4 cm³/mol. The van der Waals surface area contributed by atoms with Gasteiger partial charge in [-0.05, 0) is 24.6 Å². The van der Waals surface area contributed by atoms with E-state index >= 15 is 0 Å². The molecule has 23 heavy (non-hydrogen) atoms. The number of pyridine rings is 1. The van der Waals surface area contributed by atoms with Gasteiger partial charge >= 0.3 is 0 Å². The maximum Gasteiger partial charge on any atom is 0.170 e. The third-order valence-electron chi connectivity index (χ3n) is 3.54. The van der Waals surface area contributed by atoms with E-state index in [4.69, 9.17) is 27.9 Å². The van der Waals surface area contributed by atoms with Gasteiger partial charge in [0.1, 0.15) is 17.5 Å². The van der Waals surface area contributed by atoms with Gasteiger partial charge in [-0.25, -0.2) is 0 Å². The molecular weight excluding hydrogens is 337 g/mol. The molecule has 2 heterocycles. The van der Waals surface area contributed by atoms with Crippen LogP contribution in [0.1, 0.15) is 35.5 Å². The number of benzene rings is 1. The Kier molecular flexibility index (Phi) is 4.50. The lowest BCUT2D eigenvalue weighted by atomic mass is 10.1. The molecule has 118 valence electrons. The van der Waals surface area contributed by atoms with Crippen LogP contribution in [0.25, 0.3) is 10.9 Å². The van der Waals surface area contributed by atoms with E-state index in [1.807, 2.05) is 13.0 Å². The van der Waals surface area contributed by atoms with Crippen molar-refractivity contribution in [3.05, 3.63) is 51.9 Å². The Morgan fingerprint density at radius 2 is 2.04 bits per heavy atom. The summed E-state index contributed by atoms with van der Waals surface area (Å²) in [6, 6.07) is 5.39. The van der Waals surface area contributed by atoms with Gasteiger partial charge in [-0.1, -0.05) is 30.1 Å². The third kappa shape index (κ3) is 3.02. The normalized spacial score (nSPS) is 12.3. The molecule has 2 aromatic heterocycles. The van der Waals surface area contributed by atoms with Crippen LogP contribution in [0.5, 0.6) is 5.75 Å². The van der Waals surface area contributed by atoms with Gasteiger partial charge in [0.25, 0.3) is 0 Å². The molecule has 0 aliphatic carbocycles. The number of aromatic amines is 1. The number of hydrogen-bond donors (Lipinski definition) is 1. The summed E-state index contributed by atoms with van der Waals surface area (Å²) in [7, 11) is 0. The first-order valence-electron chi connectivity index (χ1n) is 7.03. The van der Waals surface area contributed by atoms with Crippen LogP contribution in [0, 0.1) is 0 Å². The van der Waals surface area contributed by atoms with Gasteiger partial charge in [0.2, 0.25) is 0 Å². The molecule has 3 aromatic rings. The van der Waals surface area contributed by atoms with Gasteiger partial charge in [-0.3, -0.25) is 14.9 Å². The summed E-state index contributed by atoms with van der Waals surface area (Å²) in [6.45, 7) is 1.98. The first-order valence-corrected chi connectivity index (χ1v) is 7.78. The molecule has 0 amide bonds. The molecular formula is C16H13Cl2N3O2. The number of fused-ring (bicyclic) bond motifs is 1. The fourth-order valence-electron chi connectivity index (χ4n) is 2.42. The Morgan fingerprint density at radius 3 is 2.70 bits per heavy atom. The number of aromatic nitrogens is 3. The lowest BCUT2D eigenvalue weighted by molar-refractivity contribution is 0.112. The van der Waals surface area contributed by atoms with Gasteiger partial charge in [0.15, 0.2) is 6.29 Å². The average molecular weight is 350 g/mol. The summed E-state index contributed by atoms with van der Waals surface area (Å²) in [5.74, 6) is 0.609. The van der Waals surface area contributed by atoms with E-state index in [0.29, 0.717) is 45.1 Å². The molecule has 0 radical (unpaired) electrons. The number of carbonyl (C=O) groups excluding carboxylic acids is 1. The minimum Gasteiger partial charge on any atom is -0.486 e. The maximum absolute atomic E-state index is 11.0. The molecule has 1 N–H and O–H groups in total. The highest BCUT2D eigenvalue weighted by molar-refractivity contribution is 6.35. The minimum atomic E-state index is -0.318. The van der Waals surface area contributed by atoms with Crippen molar-refractivity contribution in [1.82, 2.24) is 15.2 Å². The van der Waals surface area contributed by atoms with E-state index in [-0.39, 0.29) is 6.10 Å². The first-order chi connectivity index (χ1) is 11.1. The number of nitrogens with one attached hydrogen (secondary N) is 1. The summed E-state index contributed by atoms with van der Waals surface area (Å²) < 4.78 is 6.03. The molecule has 0 bridgehead atoms. The number of hydrogen-bond acceptors (Lipinski definition) is 4. The zero-order valence-electron chi connectivity index (χ0n) is 12.2. The number of aldehydes is 1. The van der Waals surface area contributed by atoms with Crippen LogP contribution in [0.4, 0.5) is 0 Å². The Hall–Kier alpha value is -2.11. The highest BCUT2D eigenvalue weighted by atomic mass is 35.5. The van der Waals surface area contributed by atoms with Crippen LogP contribution in [-0.2, 0) is 0 Å². The highest BCUT2D eigenvalue weighted by Gasteiger charge is 2.19. The lowest BCUT2D eigenvalue weighted by Gasteiger charge is -2.20. The Balaban J connectivity index is 1.97. The van der Waals surface area contributed by atoms with Gasteiger partial charge in [-0.2, -0.15) is 5.10 Å². The van der Waals surface area contributed by atoms with Crippen LogP contribution >= 0.6 is 23.2 Å². The molecule has 7 heteroatoms. The molecule has 0 saturated carbocycles. The molecule has 1 atom stereocenters. The smallest absolute Gasteiger partial charge is 0.170 e. The van der Waals surface area contributed by atoms with Crippen LogP contribution in [-0.4, -0.2) is 21.5 Å². The average Bonchev–Trinajstić information content (AvgIpc) is 2.96. The second-order valence-corrected chi connectivity index (χ2v) is 5.78. The predicted octanol–water partition coefficient (Wildman–Crippen LogP) is 4.61. The van der Waals surface area contributed by atoms with Crippen molar-refractivity contribution in [2.75, 3.05) is 0 Å². The van der Waals surface area contributed by atoms with Crippen LogP contribution in [0.3, 0.4) is 0 Å². The van der Waals surface area contributed by atoms with Crippen molar-refractivity contribution in [3.63, 3.8) is 0 Å². The van der Waals surface area contributed by atoms with Crippen molar-refractivity contribution in [1.29, 1.82) is 0 Å². The van der Waals surface area contributed by atoms with Crippen LogP contribution in [0.2, 0.25) is 10.0 Å². The zero-order valence-corrected chi connectivity index (χ0v) is 13.7. The number of rotatable bonds is 5. The molecule has 1 aromatic carbocycles. The number of nitrogens with zero attached hydrogens (tertiary/aromatic N) is 2. The zero-order chi connectivity index (χ0) is 16.4. The molecule has 0 aliphatic heterocycles. The molecule has 3 rings (SSSR count). The monoisotopic (exact) mass is 349 g/mol. The first kappa shape index (κ1) is 15.8. The van der Waals surface area contributed by atoms with Crippen molar-refractivity contribution in [2.45, 2.75) is 19.4 Å². The van der Waals surface area contributed by atoms with Gasteiger partial charge in [0, 0.05) is 23.3 Å². The summed E-state index contributed by atoms with van der Waals surface area (Å²) in [5, 5.41) is 8.37. The Bertz CT molecular complexity index is 843. The van der Waals surface area contributed by atoms with E-state index in [2.05, 4.69) is 15.2 Å². The molecule has 0 saturated heterocycles. The molecule has 1 unspecified atom stereocenters. The third-order valence-corrected chi connectivity index (χ3v) is 4.14. The van der Waals surface area contributed by atoms with Gasteiger partial charge in [0.05, 0.1) is 15.6 Å². The summed E-state index contributed by atoms with van der Waals surface area (Å²) in [5.41, 5.74) is 1.82. The van der Waals surface area contributed by atoms with Crippen molar-refractivity contribution in [3.8, 4) is 5.75 Å². The second kappa shape index (κ2) is 6.56. The summed E-state index contributed by atoms with van der Waals surface area (Å²) >= 11 is 12.4. The lowest BCUT2D eigenvalue weighted by Crippen LogP contribution is -2.08. The topological polar surface area (TPSA) is 67.9 Å². The Morgan fingerprint density at radius 1 is 1.30 bits per heavy atom. The fourth-order valence-corrected chi connectivity index (χ4v) is 3.02. The minimum absolute atomic E-state index is 0.318. The maximum atomic E-state index is 11.0. The van der Waals surface area contributed by atoms with Gasteiger partial charge < -0.3 is 4.74 Å². The van der Waals surface area contributed by atoms with E-state index in [9.17, 15) is 4.79 Å². The van der Waals surface area contributed by atoms with E-state index < -0.39 is 0 Å². The highest BCUT2D eigenvalue weighted by Crippen LogP contribution is 2.35. The molecule has 0 aliphatic rings. The molecule has 0 spiro atoms. The van der Waals surface area contributed by atoms with Crippen LogP contribution in [0.15, 0.2) is 30.6 Å². The molecule has 5 nitrogen and oxygen atoms in total. The van der Waals surface area contributed by atoms with E-state index in [0.717, 1.165) is 5.52 Å². The SMILES string of the molecule is CCC(Oc1ccc2[nH]nc(C=O)c2c1)c1c(Cl)cncc1Cl. The molecule has 0 fully saturated rings. The van der Waals surface area contributed by atoms with Crippen molar-refractivity contribution < 1.29 is 9.53 Å². The number of carbonyl (C=O) groups is 1. The Labute approximate surface area is 142 Å². The van der Waals surface area contributed by atoms with E-state index in [1.165, 1.54) is 0 Å². The number of H-pyrrole nitrogens is 1. The summed E-state index contributed by atoms with van der Waals surface area (Å²) in [4.78, 5) is 15.0. The quantitative estimate of drug-likeness (QED) is 0.683. The number of ether oxygens (including phenoxy) is 1. The van der Waals surface area contributed by atoms with Crippen molar-refractivity contribution >= 4 is 40.4 Å². The van der Waals surface area contributed by atoms with Crippen LogP contribution < -0.4 is 4.74 Å². The van der Waals surface area contributed by atoms with Crippen molar-refractivity contribution in [2.24, 2.45) is 0 Å². The van der Waals surface area contributed by atoms with Gasteiger partial charge in [-0.15, -0.1) is 0 Å². The number of halogens is 2. The second-order valence-electron chi connectivity index (χ2n) is 4.97. The standard InChI is InChI=1S/C16H13Cl2N3O2/c1-2-15(16-11(17)6-19-7-12(16)18)23-9-3-4-13-10(5-9)14(8-22)21-20-13/h3-8,15H,2H2,1H3,(H,20,21). The van der Waals surface area contributed by atoms with E-state index in [1.54, 1.807) is 24.5 Å².